The standard InChI is InChI=1S/C8H14N2O5S/c1-7(11)9-2-4-10(5-3-9)16(14,15)6-8(12)13/h2-6H2,1H3,(H,12,13). The number of carbonyl (C=O) groups excluding carboxylic acids is 1. The molecule has 0 bridgehead atoms. The van der Waals surface area contributed by atoms with Crippen LogP contribution in [0.25, 0.3) is 0 Å². The molecular formula is C8H14N2O5S. The maximum atomic E-state index is 11.5. The van der Waals surface area contributed by atoms with Crippen LogP contribution in [0, 0.1) is 0 Å². The number of hydrogen-bond acceptors (Lipinski definition) is 4. The maximum absolute atomic E-state index is 11.5. The smallest absolute Gasteiger partial charge is 0.320 e. The van der Waals surface area contributed by atoms with Crippen LogP contribution >= 0.6 is 0 Å². The third-order valence-electron chi connectivity index (χ3n) is 2.38. The summed E-state index contributed by atoms with van der Waals surface area (Å²) in [6.45, 7) is 2.37. The van der Waals surface area contributed by atoms with Gasteiger partial charge in [-0.15, -0.1) is 0 Å². The van der Waals surface area contributed by atoms with Crippen molar-refractivity contribution in [3.05, 3.63) is 0 Å². The van der Waals surface area contributed by atoms with Gasteiger partial charge in [-0.25, -0.2) is 8.42 Å². The van der Waals surface area contributed by atoms with E-state index < -0.39 is 21.7 Å². The molecule has 1 aliphatic rings. The lowest BCUT2D eigenvalue weighted by Crippen LogP contribution is -2.51. The van der Waals surface area contributed by atoms with Crippen LogP contribution in [-0.4, -0.2) is 66.5 Å². The van der Waals surface area contributed by atoms with Crippen molar-refractivity contribution in [1.82, 2.24) is 9.21 Å². The monoisotopic (exact) mass is 250 g/mol. The Balaban J connectivity index is 2.60. The van der Waals surface area contributed by atoms with E-state index in [4.69, 9.17) is 5.11 Å². The van der Waals surface area contributed by atoms with Crippen molar-refractivity contribution in [2.75, 3.05) is 31.9 Å². The van der Waals surface area contributed by atoms with E-state index in [-0.39, 0.29) is 19.0 Å². The highest BCUT2D eigenvalue weighted by Crippen LogP contribution is 2.08. The van der Waals surface area contributed by atoms with E-state index >= 15 is 0 Å². The molecule has 1 saturated heterocycles. The molecule has 0 saturated carbocycles. The minimum atomic E-state index is -3.74. The lowest BCUT2D eigenvalue weighted by molar-refractivity contribution is -0.134. The molecule has 0 aromatic carbocycles. The van der Waals surface area contributed by atoms with E-state index in [1.54, 1.807) is 0 Å². The van der Waals surface area contributed by atoms with Gasteiger partial charge in [-0.2, -0.15) is 4.31 Å². The second kappa shape index (κ2) is 4.79. The molecule has 1 amide bonds. The Morgan fingerprint density at radius 2 is 1.69 bits per heavy atom. The summed E-state index contributed by atoms with van der Waals surface area (Å²) in [6.07, 6.45) is 0. The molecule has 0 aliphatic carbocycles. The quantitative estimate of drug-likeness (QED) is 0.662. The molecule has 0 aromatic heterocycles. The van der Waals surface area contributed by atoms with Crippen molar-refractivity contribution in [3.8, 4) is 0 Å². The molecular weight excluding hydrogens is 236 g/mol. The van der Waals surface area contributed by atoms with Crippen LogP contribution in [0.5, 0.6) is 0 Å². The molecule has 1 aliphatic heterocycles. The zero-order chi connectivity index (χ0) is 12.3. The molecule has 0 aromatic rings. The Morgan fingerprint density at radius 3 is 2.06 bits per heavy atom. The average Bonchev–Trinajstić information content (AvgIpc) is 2.16. The summed E-state index contributed by atoms with van der Waals surface area (Å²) < 4.78 is 24.1. The molecule has 0 spiro atoms. The SMILES string of the molecule is CC(=O)N1CCN(S(=O)(=O)CC(=O)O)CC1. The molecule has 1 N–H and O–H groups in total. The van der Waals surface area contributed by atoms with Gasteiger partial charge in [0.05, 0.1) is 0 Å². The summed E-state index contributed by atoms with van der Waals surface area (Å²) in [4.78, 5) is 22.9. The number of carbonyl (C=O) groups is 2. The van der Waals surface area contributed by atoms with Gasteiger partial charge in [0.25, 0.3) is 0 Å². The van der Waals surface area contributed by atoms with Crippen molar-refractivity contribution in [1.29, 1.82) is 0 Å². The van der Waals surface area contributed by atoms with Crippen LogP contribution in [0.3, 0.4) is 0 Å². The fourth-order valence-corrected chi connectivity index (χ4v) is 2.74. The van der Waals surface area contributed by atoms with Crippen LogP contribution < -0.4 is 0 Å². The van der Waals surface area contributed by atoms with E-state index in [1.807, 2.05) is 0 Å². The van der Waals surface area contributed by atoms with Gasteiger partial charge in [0, 0.05) is 33.1 Å². The summed E-state index contributed by atoms with van der Waals surface area (Å²) in [5.41, 5.74) is 0. The Hall–Kier alpha value is -1.15. The zero-order valence-electron chi connectivity index (χ0n) is 8.92. The fraction of sp³-hybridized carbons (Fsp3) is 0.750. The van der Waals surface area contributed by atoms with E-state index in [2.05, 4.69) is 0 Å². The first-order chi connectivity index (χ1) is 7.33. The summed E-state index contributed by atoms with van der Waals surface area (Å²) in [5, 5.41) is 8.45. The molecule has 1 heterocycles. The lowest BCUT2D eigenvalue weighted by Gasteiger charge is -2.33. The number of carboxylic acid groups (broad SMARTS) is 1. The second-order valence-electron chi connectivity index (χ2n) is 3.56. The molecule has 1 fully saturated rings. The van der Waals surface area contributed by atoms with Gasteiger partial charge in [0.15, 0.2) is 5.75 Å². The number of hydrogen-bond donors (Lipinski definition) is 1. The van der Waals surface area contributed by atoms with Crippen molar-refractivity contribution in [2.24, 2.45) is 0 Å². The highest BCUT2D eigenvalue weighted by Gasteiger charge is 2.29. The van der Waals surface area contributed by atoms with Gasteiger partial charge in [0.2, 0.25) is 15.9 Å². The molecule has 0 atom stereocenters. The van der Waals surface area contributed by atoms with Crippen molar-refractivity contribution < 1.29 is 23.1 Å². The minimum Gasteiger partial charge on any atom is -0.480 e. The minimum absolute atomic E-state index is 0.102. The highest BCUT2D eigenvalue weighted by atomic mass is 32.2. The van der Waals surface area contributed by atoms with Crippen LogP contribution in [-0.2, 0) is 19.6 Å². The Labute approximate surface area is 93.7 Å². The topological polar surface area (TPSA) is 95.0 Å². The number of carboxylic acids is 1. The number of sulfonamides is 1. The van der Waals surface area contributed by atoms with Crippen LogP contribution in [0.15, 0.2) is 0 Å². The Bertz CT molecular complexity index is 383. The van der Waals surface area contributed by atoms with Crippen molar-refractivity contribution in [3.63, 3.8) is 0 Å². The predicted molar refractivity (Wildman–Crippen MR) is 55.2 cm³/mol. The highest BCUT2D eigenvalue weighted by molar-refractivity contribution is 7.89. The molecule has 8 heteroatoms. The van der Waals surface area contributed by atoms with Crippen LogP contribution in [0.1, 0.15) is 6.92 Å². The van der Waals surface area contributed by atoms with Gasteiger partial charge in [0.1, 0.15) is 0 Å². The first-order valence-electron chi connectivity index (χ1n) is 4.78. The normalized spacial score (nSPS) is 18.4. The Kier molecular flexibility index (Phi) is 3.87. The zero-order valence-corrected chi connectivity index (χ0v) is 9.73. The van der Waals surface area contributed by atoms with Crippen molar-refractivity contribution >= 4 is 21.9 Å². The van der Waals surface area contributed by atoms with Crippen LogP contribution in [0.4, 0.5) is 0 Å². The number of piperazine rings is 1. The Morgan fingerprint density at radius 1 is 1.19 bits per heavy atom. The predicted octanol–water partition coefficient (Wildman–Crippen LogP) is -1.44. The molecule has 0 unspecified atom stereocenters. The number of nitrogens with zero attached hydrogens (tertiary/aromatic N) is 2. The molecule has 1 rings (SSSR count). The molecule has 16 heavy (non-hydrogen) atoms. The lowest BCUT2D eigenvalue weighted by atomic mass is 10.3. The van der Waals surface area contributed by atoms with E-state index in [1.165, 1.54) is 11.8 Å². The molecule has 7 nitrogen and oxygen atoms in total. The average molecular weight is 250 g/mol. The fourth-order valence-electron chi connectivity index (χ4n) is 1.53. The first-order valence-corrected chi connectivity index (χ1v) is 6.39. The summed E-state index contributed by atoms with van der Waals surface area (Å²) >= 11 is 0. The van der Waals surface area contributed by atoms with Gasteiger partial charge in [-0.3, -0.25) is 9.59 Å². The van der Waals surface area contributed by atoms with Gasteiger partial charge < -0.3 is 10.0 Å². The first kappa shape index (κ1) is 12.9. The number of rotatable bonds is 3. The van der Waals surface area contributed by atoms with Gasteiger partial charge in [-0.05, 0) is 0 Å². The maximum Gasteiger partial charge on any atom is 0.320 e. The summed E-state index contributed by atoms with van der Waals surface area (Å²) in [6, 6.07) is 0. The van der Waals surface area contributed by atoms with Crippen LogP contribution in [0.2, 0.25) is 0 Å². The number of amides is 1. The number of aliphatic carboxylic acids is 1. The second-order valence-corrected chi connectivity index (χ2v) is 5.52. The molecule has 92 valence electrons. The largest absolute Gasteiger partial charge is 0.480 e. The third kappa shape index (κ3) is 3.17. The van der Waals surface area contributed by atoms with Crippen molar-refractivity contribution in [2.45, 2.75) is 6.92 Å². The third-order valence-corrected chi connectivity index (χ3v) is 4.15. The molecule has 0 radical (unpaired) electrons. The summed E-state index contributed by atoms with van der Waals surface area (Å²) in [7, 11) is -3.74. The van der Waals surface area contributed by atoms with E-state index in [0.717, 1.165) is 4.31 Å². The van der Waals surface area contributed by atoms with Gasteiger partial charge >= 0.3 is 5.97 Å². The van der Waals surface area contributed by atoms with E-state index in [0.29, 0.717) is 13.1 Å². The summed E-state index contributed by atoms with van der Waals surface area (Å²) in [5.74, 6) is -2.36. The van der Waals surface area contributed by atoms with Gasteiger partial charge in [-0.1, -0.05) is 0 Å². The van der Waals surface area contributed by atoms with E-state index in [9.17, 15) is 18.0 Å².